The van der Waals surface area contributed by atoms with Gasteiger partial charge in [-0.1, -0.05) is 26.3 Å². The second-order valence-corrected chi connectivity index (χ2v) is 4.50. The first-order chi connectivity index (χ1) is 8.28. The molecule has 2 rings (SSSR count). The van der Waals surface area contributed by atoms with E-state index in [0.29, 0.717) is 6.04 Å². The molecule has 1 aromatic carbocycles. The molecule has 2 nitrogen and oxygen atoms in total. The highest BCUT2D eigenvalue weighted by atomic mass is 16.3. The van der Waals surface area contributed by atoms with Crippen LogP contribution in [0.25, 0.3) is 11.0 Å². The lowest BCUT2D eigenvalue weighted by atomic mass is 10.1. The van der Waals surface area contributed by atoms with Crippen LogP contribution < -0.4 is 5.32 Å². The van der Waals surface area contributed by atoms with Gasteiger partial charge in [0.1, 0.15) is 11.3 Å². The van der Waals surface area contributed by atoms with Gasteiger partial charge < -0.3 is 9.73 Å². The van der Waals surface area contributed by atoms with E-state index in [1.165, 1.54) is 10.9 Å². The SMILES string of the molecule is CCCC(NC)c1cc2cc(CC)ccc2o1. The zero-order chi connectivity index (χ0) is 12.3. The Labute approximate surface area is 103 Å². The zero-order valence-electron chi connectivity index (χ0n) is 10.9. The van der Waals surface area contributed by atoms with Crippen LogP contribution in [-0.2, 0) is 6.42 Å². The summed E-state index contributed by atoms with van der Waals surface area (Å²) in [6.45, 7) is 4.37. The Morgan fingerprint density at radius 3 is 2.71 bits per heavy atom. The monoisotopic (exact) mass is 231 g/mol. The van der Waals surface area contributed by atoms with Gasteiger partial charge in [-0.3, -0.25) is 0 Å². The van der Waals surface area contributed by atoms with E-state index in [9.17, 15) is 0 Å². The summed E-state index contributed by atoms with van der Waals surface area (Å²) in [5, 5.41) is 4.53. The minimum atomic E-state index is 0.331. The first-order valence-corrected chi connectivity index (χ1v) is 6.48. The molecule has 0 saturated carbocycles. The van der Waals surface area contributed by atoms with Crippen molar-refractivity contribution in [3.8, 4) is 0 Å². The molecule has 0 fully saturated rings. The molecule has 1 N–H and O–H groups in total. The lowest BCUT2D eigenvalue weighted by molar-refractivity contribution is 0.430. The van der Waals surface area contributed by atoms with Crippen LogP contribution in [0.4, 0.5) is 0 Å². The second-order valence-electron chi connectivity index (χ2n) is 4.50. The molecule has 2 heteroatoms. The van der Waals surface area contributed by atoms with Crippen molar-refractivity contribution in [2.75, 3.05) is 7.05 Å². The molecule has 0 radical (unpaired) electrons. The molecule has 1 unspecified atom stereocenters. The van der Waals surface area contributed by atoms with Crippen molar-refractivity contribution < 1.29 is 4.42 Å². The Morgan fingerprint density at radius 2 is 2.06 bits per heavy atom. The summed E-state index contributed by atoms with van der Waals surface area (Å²) in [5.41, 5.74) is 2.36. The topological polar surface area (TPSA) is 25.2 Å². The maximum absolute atomic E-state index is 5.91. The van der Waals surface area contributed by atoms with E-state index >= 15 is 0 Å². The first kappa shape index (κ1) is 12.2. The van der Waals surface area contributed by atoms with Crippen molar-refractivity contribution in [3.63, 3.8) is 0 Å². The Bertz CT molecular complexity index is 487. The van der Waals surface area contributed by atoms with E-state index in [0.717, 1.165) is 30.6 Å². The molecular weight excluding hydrogens is 210 g/mol. The van der Waals surface area contributed by atoms with E-state index in [2.05, 4.69) is 43.4 Å². The van der Waals surface area contributed by atoms with Gasteiger partial charge in [0, 0.05) is 5.39 Å². The Hall–Kier alpha value is -1.28. The molecule has 1 aromatic heterocycles. The lowest BCUT2D eigenvalue weighted by Crippen LogP contribution is -2.15. The van der Waals surface area contributed by atoms with Crippen molar-refractivity contribution in [2.45, 2.75) is 39.2 Å². The zero-order valence-corrected chi connectivity index (χ0v) is 10.9. The molecule has 0 saturated heterocycles. The third-order valence-electron chi connectivity index (χ3n) is 3.28. The molecule has 92 valence electrons. The fraction of sp³-hybridized carbons (Fsp3) is 0.467. The highest BCUT2D eigenvalue weighted by Crippen LogP contribution is 2.27. The van der Waals surface area contributed by atoms with Crippen LogP contribution in [-0.4, -0.2) is 7.05 Å². The number of hydrogen-bond donors (Lipinski definition) is 1. The molecule has 0 aliphatic heterocycles. The summed E-state index contributed by atoms with van der Waals surface area (Å²) >= 11 is 0. The van der Waals surface area contributed by atoms with Crippen molar-refractivity contribution >= 4 is 11.0 Å². The molecular formula is C15H21NO. The number of nitrogens with one attached hydrogen (secondary N) is 1. The normalized spacial score (nSPS) is 13.1. The first-order valence-electron chi connectivity index (χ1n) is 6.48. The number of furan rings is 1. The van der Waals surface area contributed by atoms with Crippen LogP contribution in [0.3, 0.4) is 0 Å². The molecule has 0 aliphatic rings. The van der Waals surface area contributed by atoms with Gasteiger partial charge >= 0.3 is 0 Å². The molecule has 0 spiro atoms. The van der Waals surface area contributed by atoms with Gasteiger partial charge in [0.15, 0.2) is 0 Å². The number of aryl methyl sites for hydroxylation is 1. The smallest absolute Gasteiger partial charge is 0.134 e. The summed E-state index contributed by atoms with van der Waals surface area (Å²) in [5.74, 6) is 1.05. The van der Waals surface area contributed by atoms with Gasteiger partial charge in [-0.25, -0.2) is 0 Å². The number of fused-ring (bicyclic) bond motifs is 1. The van der Waals surface area contributed by atoms with E-state index in [4.69, 9.17) is 4.42 Å². The molecule has 0 amide bonds. The summed E-state index contributed by atoms with van der Waals surface area (Å²) in [7, 11) is 1.99. The molecule has 0 bridgehead atoms. The van der Waals surface area contributed by atoms with Crippen LogP contribution in [0.5, 0.6) is 0 Å². The average molecular weight is 231 g/mol. The largest absolute Gasteiger partial charge is 0.459 e. The van der Waals surface area contributed by atoms with Gasteiger partial charge in [-0.05, 0) is 43.7 Å². The maximum Gasteiger partial charge on any atom is 0.134 e. The van der Waals surface area contributed by atoms with Gasteiger partial charge in [0.2, 0.25) is 0 Å². The summed E-state index contributed by atoms with van der Waals surface area (Å²) in [6.07, 6.45) is 3.33. The van der Waals surface area contributed by atoms with Gasteiger partial charge in [0.25, 0.3) is 0 Å². The number of hydrogen-bond acceptors (Lipinski definition) is 2. The fourth-order valence-electron chi connectivity index (χ4n) is 2.22. The van der Waals surface area contributed by atoms with Gasteiger partial charge in [0.05, 0.1) is 6.04 Å². The molecule has 0 aliphatic carbocycles. The Balaban J connectivity index is 2.36. The van der Waals surface area contributed by atoms with Crippen LogP contribution in [0.1, 0.15) is 44.1 Å². The van der Waals surface area contributed by atoms with Crippen LogP contribution >= 0.6 is 0 Å². The molecule has 1 atom stereocenters. The molecule has 17 heavy (non-hydrogen) atoms. The Kier molecular flexibility index (Phi) is 3.85. The number of benzene rings is 1. The third kappa shape index (κ3) is 2.52. The summed E-state index contributed by atoms with van der Waals surface area (Å²) in [6, 6.07) is 8.95. The van der Waals surface area contributed by atoms with E-state index in [1.54, 1.807) is 0 Å². The van der Waals surface area contributed by atoms with Crippen LogP contribution in [0, 0.1) is 0 Å². The van der Waals surface area contributed by atoms with Crippen molar-refractivity contribution in [1.82, 2.24) is 5.32 Å². The van der Waals surface area contributed by atoms with E-state index in [1.807, 2.05) is 7.05 Å². The van der Waals surface area contributed by atoms with Gasteiger partial charge in [-0.15, -0.1) is 0 Å². The fourth-order valence-corrected chi connectivity index (χ4v) is 2.22. The minimum absolute atomic E-state index is 0.331. The second kappa shape index (κ2) is 5.37. The predicted molar refractivity (Wildman–Crippen MR) is 72.3 cm³/mol. The predicted octanol–water partition coefficient (Wildman–Crippen LogP) is 4.06. The van der Waals surface area contributed by atoms with Crippen LogP contribution in [0.2, 0.25) is 0 Å². The van der Waals surface area contributed by atoms with E-state index in [-0.39, 0.29) is 0 Å². The van der Waals surface area contributed by atoms with E-state index < -0.39 is 0 Å². The summed E-state index contributed by atoms with van der Waals surface area (Å²) in [4.78, 5) is 0. The van der Waals surface area contributed by atoms with Gasteiger partial charge in [-0.2, -0.15) is 0 Å². The van der Waals surface area contributed by atoms with Crippen molar-refractivity contribution in [1.29, 1.82) is 0 Å². The lowest BCUT2D eigenvalue weighted by Gasteiger charge is -2.11. The van der Waals surface area contributed by atoms with Crippen LogP contribution in [0.15, 0.2) is 28.7 Å². The van der Waals surface area contributed by atoms with Crippen molar-refractivity contribution in [2.24, 2.45) is 0 Å². The molecule has 1 heterocycles. The molecule has 2 aromatic rings. The summed E-state index contributed by atoms with van der Waals surface area (Å²) < 4.78 is 5.91. The minimum Gasteiger partial charge on any atom is -0.459 e. The quantitative estimate of drug-likeness (QED) is 0.839. The maximum atomic E-state index is 5.91. The number of rotatable bonds is 5. The van der Waals surface area contributed by atoms with Crippen molar-refractivity contribution in [3.05, 3.63) is 35.6 Å². The average Bonchev–Trinajstić information content (AvgIpc) is 2.78. The highest BCUT2D eigenvalue weighted by Gasteiger charge is 2.13. The third-order valence-corrected chi connectivity index (χ3v) is 3.28. The Morgan fingerprint density at radius 1 is 1.24 bits per heavy atom. The highest BCUT2D eigenvalue weighted by molar-refractivity contribution is 5.78. The standard InChI is InChI=1S/C15H21NO/c1-4-6-13(16-3)15-10-12-9-11(5-2)7-8-14(12)17-15/h7-10,13,16H,4-6H2,1-3H3.